The van der Waals surface area contributed by atoms with Gasteiger partial charge >= 0.3 is 0 Å². The van der Waals surface area contributed by atoms with E-state index in [1.165, 1.54) is 12.1 Å². The Morgan fingerprint density at radius 3 is 1.53 bits per heavy atom. The van der Waals surface area contributed by atoms with Crippen LogP contribution in [0.1, 0.15) is 27.8 Å². The largest absolute Gasteiger partial charge is 0.508 e. The van der Waals surface area contributed by atoms with Gasteiger partial charge in [-0.2, -0.15) is 0 Å². The van der Waals surface area contributed by atoms with E-state index in [1.807, 2.05) is 79.7 Å². The summed E-state index contributed by atoms with van der Waals surface area (Å²) in [6.07, 6.45) is 0. The molecule has 0 bridgehead atoms. The van der Waals surface area contributed by atoms with Crippen molar-refractivity contribution in [2.75, 3.05) is 13.1 Å². The molecule has 0 aliphatic rings. The molecule has 0 aliphatic heterocycles. The Labute approximate surface area is 199 Å². The molecule has 4 aromatic rings. The van der Waals surface area contributed by atoms with E-state index in [-0.39, 0.29) is 17.2 Å². The maximum absolute atomic E-state index is 10.6. The SMILES string of the molecule is Cc1ccc(C(=NCCN=C(c2ccccc2)c2ccc(O)cc2O)c2ccccc2)c(O)c1. The summed E-state index contributed by atoms with van der Waals surface area (Å²) in [4.78, 5) is 9.55. The third kappa shape index (κ3) is 5.33. The average molecular weight is 451 g/mol. The van der Waals surface area contributed by atoms with Gasteiger partial charge in [0.05, 0.1) is 24.5 Å². The fourth-order valence-electron chi connectivity index (χ4n) is 3.74. The van der Waals surface area contributed by atoms with E-state index in [2.05, 4.69) is 0 Å². The highest BCUT2D eigenvalue weighted by Gasteiger charge is 2.13. The van der Waals surface area contributed by atoms with Crippen LogP contribution in [0.4, 0.5) is 0 Å². The number of hydrogen-bond acceptors (Lipinski definition) is 5. The molecule has 0 aromatic heterocycles. The van der Waals surface area contributed by atoms with Crippen molar-refractivity contribution in [1.29, 1.82) is 0 Å². The average Bonchev–Trinajstić information content (AvgIpc) is 2.84. The standard InChI is InChI=1S/C29H26N2O3/c1-20-12-14-24(26(33)18-20)28(21-8-4-2-5-9-21)30-16-17-31-29(22-10-6-3-7-11-22)25-15-13-23(32)19-27(25)34/h2-15,18-19,32-34H,16-17H2,1H3. The normalized spacial score (nSPS) is 12.0. The first-order valence-corrected chi connectivity index (χ1v) is 11.0. The second-order valence-corrected chi connectivity index (χ2v) is 7.91. The van der Waals surface area contributed by atoms with Gasteiger partial charge < -0.3 is 15.3 Å². The minimum Gasteiger partial charge on any atom is -0.508 e. The lowest BCUT2D eigenvalue weighted by molar-refractivity contribution is 0.450. The molecule has 0 aliphatic carbocycles. The van der Waals surface area contributed by atoms with Crippen LogP contribution in [0.2, 0.25) is 0 Å². The van der Waals surface area contributed by atoms with Crippen LogP contribution in [0.5, 0.6) is 17.2 Å². The van der Waals surface area contributed by atoms with Gasteiger partial charge in [-0.05, 0) is 36.8 Å². The Morgan fingerprint density at radius 2 is 1.06 bits per heavy atom. The highest BCUT2D eigenvalue weighted by atomic mass is 16.3. The Balaban J connectivity index is 1.67. The Bertz CT molecular complexity index is 1230. The molecule has 0 saturated heterocycles. The summed E-state index contributed by atoms with van der Waals surface area (Å²) in [7, 11) is 0. The number of aryl methyl sites for hydroxylation is 1. The topological polar surface area (TPSA) is 85.4 Å². The maximum atomic E-state index is 10.6. The van der Waals surface area contributed by atoms with Crippen molar-refractivity contribution in [3.05, 3.63) is 125 Å². The number of aromatic hydroxyl groups is 3. The first kappa shape index (κ1) is 22.8. The zero-order chi connectivity index (χ0) is 23.9. The lowest BCUT2D eigenvalue weighted by atomic mass is 10.00. The predicted molar refractivity (Wildman–Crippen MR) is 137 cm³/mol. The number of benzene rings is 4. The molecule has 0 saturated carbocycles. The summed E-state index contributed by atoms with van der Waals surface area (Å²) in [6, 6.07) is 29.4. The molecule has 0 atom stereocenters. The van der Waals surface area contributed by atoms with Crippen molar-refractivity contribution in [3.8, 4) is 17.2 Å². The molecule has 3 N–H and O–H groups in total. The van der Waals surface area contributed by atoms with Gasteiger partial charge in [-0.15, -0.1) is 0 Å². The zero-order valence-corrected chi connectivity index (χ0v) is 18.9. The first-order valence-electron chi connectivity index (χ1n) is 11.0. The third-order valence-electron chi connectivity index (χ3n) is 5.38. The van der Waals surface area contributed by atoms with Gasteiger partial charge in [-0.3, -0.25) is 9.98 Å². The summed E-state index contributed by atoms with van der Waals surface area (Å²) in [5.41, 5.74) is 5.25. The van der Waals surface area contributed by atoms with Crippen LogP contribution in [0.3, 0.4) is 0 Å². The minimum atomic E-state index is -0.0411. The molecule has 0 radical (unpaired) electrons. The lowest BCUT2D eigenvalue weighted by Crippen LogP contribution is -2.08. The van der Waals surface area contributed by atoms with E-state index < -0.39 is 0 Å². The van der Waals surface area contributed by atoms with E-state index in [0.29, 0.717) is 35.6 Å². The van der Waals surface area contributed by atoms with Crippen LogP contribution in [0, 0.1) is 6.92 Å². The van der Waals surface area contributed by atoms with Crippen LogP contribution in [-0.4, -0.2) is 39.8 Å². The highest BCUT2D eigenvalue weighted by molar-refractivity contribution is 6.15. The third-order valence-corrected chi connectivity index (χ3v) is 5.38. The quantitative estimate of drug-likeness (QED) is 0.257. The Morgan fingerprint density at radius 1 is 0.588 bits per heavy atom. The maximum Gasteiger partial charge on any atom is 0.128 e. The number of phenolic OH excluding ortho intramolecular Hbond substituents is 3. The van der Waals surface area contributed by atoms with Gasteiger partial charge in [0, 0.05) is 28.3 Å². The second-order valence-electron chi connectivity index (χ2n) is 7.91. The number of hydrogen-bond donors (Lipinski definition) is 3. The van der Waals surface area contributed by atoms with E-state index in [0.717, 1.165) is 16.7 Å². The van der Waals surface area contributed by atoms with Gasteiger partial charge in [0.1, 0.15) is 17.2 Å². The van der Waals surface area contributed by atoms with Crippen molar-refractivity contribution in [1.82, 2.24) is 0 Å². The molecule has 5 heteroatoms. The van der Waals surface area contributed by atoms with Crippen LogP contribution in [-0.2, 0) is 0 Å². The van der Waals surface area contributed by atoms with E-state index in [9.17, 15) is 15.3 Å². The fourth-order valence-corrected chi connectivity index (χ4v) is 3.74. The summed E-state index contributed by atoms with van der Waals surface area (Å²) in [6.45, 7) is 2.68. The molecule has 0 spiro atoms. The van der Waals surface area contributed by atoms with Gasteiger partial charge in [0.2, 0.25) is 0 Å². The molecular formula is C29H26N2O3. The smallest absolute Gasteiger partial charge is 0.128 e. The second kappa shape index (κ2) is 10.5. The molecule has 0 unspecified atom stereocenters. The van der Waals surface area contributed by atoms with Crippen molar-refractivity contribution in [2.45, 2.75) is 6.92 Å². The van der Waals surface area contributed by atoms with Crippen LogP contribution < -0.4 is 0 Å². The summed E-state index contributed by atoms with van der Waals surface area (Å²) in [5.74, 6) is 0.134. The van der Waals surface area contributed by atoms with Gasteiger partial charge in [0.25, 0.3) is 0 Å². The molecule has 170 valence electrons. The molecule has 5 nitrogen and oxygen atoms in total. The van der Waals surface area contributed by atoms with Gasteiger partial charge in [0.15, 0.2) is 0 Å². The Hall–Kier alpha value is -4.38. The zero-order valence-electron chi connectivity index (χ0n) is 18.9. The van der Waals surface area contributed by atoms with Crippen molar-refractivity contribution >= 4 is 11.4 Å². The summed E-state index contributed by atoms with van der Waals surface area (Å²) < 4.78 is 0. The number of nitrogens with zero attached hydrogens (tertiary/aromatic N) is 2. The van der Waals surface area contributed by atoms with Gasteiger partial charge in [-0.25, -0.2) is 0 Å². The van der Waals surface area contributed by atoms with Crippen molar-refractivity contribution < 1.29 is 15.3 Å². The van der Waals surface area contributed by atoms with Crippen molar-refractivity contribution in [2.24, 2.45) is 9.98 Å². The summed E-state index contributed by atoms with van der Waals surface area (Å²) in [5, 5.41) is 30.7. The molecule has 4 aromatic carbocycles. The molecule has 4 rings (SSSR count). The molecule has 0 heterocycles. The molecular weight excluding hydrogens is 424 g/mol. The number of aliphatic imine (C=N–C) groups is 2. The van der Waals surface area contributed by atoms with Crippen LogP contribution in [0.15, 0.2) is 107 Å². The van der Waals surface area contributed by atoms with Crippen LogP contribution in [0.25, 0.3) is 0 Å². The van der Waals surface area contributed by atoms with Crippen molar-refractivity contribution in [3.63, 3.8) is 0 Å². The molecule has 34 heavy (non-hydrogen) atoms. The number of rotatable bonds is 7. The van der Waals surface area contributed by atoms with Crippen LogP contribution >= 0.6 is 0 Å². The monoisotopic (exact) mass is 450 g/mol. The highest BCUT2D eigenvalue weighted by Crippen LogP contribution is 2.26. The first-order chi connectivity index (χ1) is 16.5. The lowest BCUT2D eigenvalue weighted by Gasteiger charge is -2.11. The van der Waals surface area contributed by atoms with Gasteiger partial charge in [-0.1, -0.05) is 66.7 Å². The molecule has 0 amide bonds. The fraction of sp³-hybridized carbons (Fsp3) is 0.103. The van der Waals surface area contributed by atoms with E-state index >= 15 is 0 Å². The Kier molecular flexibility index (Phi) is 7.04. The summed E-state index contributed by atoms with van der Waals surface area (Å²) >= 11 is 0. The molecule has 0 fully saturated rings. The van der Waals surface area contributed by atoms with E-state index in [4.69, 9.17) is 9.98 Å². The van der Waals surface area contributed by atoms with E-state index in [1.54, 1.807) is 12.1 Å². The number of phenols is 3. The minimum absolute atomic E-state index is 0.0105. The predicted octanol–water partition coefficient (Wildman–Crippen LogP) is 5.49.